The van der Waals surface area contributed by atoms with E-state index in [2.05, 4.69) is 24.2 Å². The maximum atomic E-state index is 3.40. The molecule has 2 heteroatoms. The molecule has 14 heavy (non-hydrogen) atoms. The molecule has 1 saturated heterocycles. The van der Waals surface area contributed by atoms with Crippen LogP contribution in [-0.2, 0) is 0 Å². The summed E-state index contributed by atoms with van der Waals surface area (Å²) in [5.41, 5.74) is 0. The van der Waals surface area contributed by atoms with Crippen molar-refractivity contribution in [3.05, 3.63) is 0 Å². The van der Waals surface area contributed by atoms with E-state index < -0.39 is 0 Å². The van der Waals surface area contributed by atoms with Crippen molar-refractivity contribution in [2.75, 3.05) is 20.1 Å². The minimum absolute atomic E-state index is 0.692. The lowest BCUT2D eigenvalue weighted by Crippen LogP contribution is -2.49. The Balaban J connectivity index is 1.83. The molecule has 1 heterocycles. The van der Waals surface area contributed by atoms with Crippen LogP contribution in [0.4, 0.5) is 0 Å². The van der Waals surface area contributed by atoms with Crippen molar-refractivity contribution >= 4 is 0 Å². The smallest absolute Gasteiger partial charge is 0.00954 e. The van der Waals surface area contributed by atoms with Crippen LogP contribution in [0.15, 0.2) is 0 Å². The Morgan fingerprint density at radius 3 is 2.57 bits per heavy atom. The standard InChI is InChI=1S/C12H24N2/c1-10(13-2)11-5-4-8-14(9-11)12-6-3-7-12/h10-13H,3-9H2,1-2H3. The van der Waals surface area contributed by atoms with Crippen LogP contribution in [0.5, 0.6) is 0 Å². The van der Waals surface area contributed by atoms with E-state index in [1.807, 2.05) is 0 Å². The van der Waals surface area contributed by atoms with Gasteiger partial charge >= 0.3 is 0 Å². The van der Waals surface area contributed by atoms with Gasteiger partial charge in [0, 0.05) is 18.6 Å². The quantitative estimate of drug-likeness (QED) is 0.741. The van der Waals surface area contributed by atoms with E-state index in [-0.39, 0.29) is 0 Å². The molecule has 0 radical (unpaired) electrons. The van der Waals surface area contributed by atoms with Crippen molar-refractivity contribution < 1.29 is 0 Å². The van der Waals surface area contributed by atoms with Crippen LogP contribution in [-0.4, -0.2) is 37.1 Å². The van der Waals surface area contributed by atoms with E-state index in [4.69, 9.17) is 0 Å². The molecule has 0 aromatic carbocycles. The van der Waals surface area contributed by atoms with Crippen LogP contribution in [0, 0.1) is 5.92 Å². The van der Waals surface area contributed by atoms with E-state index >= 15 is 0 Å². The molecule has 0 amide bonds. The zero-order valence-corrected chi connectivity index (χ0v) is 9.63. The average molecular weight is 196 g/mol. The number of piperidine rings is 1. The van der Waals surface area contributed by atoms with Crippen LogP contribution in [0.25, 0.3) is 0 Å². The molecule has 1 aliphatic heterocycles. The first kappa shape index (κ1) is 10.4. The zero-order valence-electron chi connectivity index (χ0n) is 9.63. The zero-order chi connectivity index (χ0) is 9.97. The summed E-state index contributed by atoms with van der Waals surface area (Å²) in [6.07, 6.45) is 7.22. The van der Waals surface area contributed by atoms with Gasteiger partial charge in [0.1, 0.15) is 0 Å². The fourth-order valence-electron chi connectivity index (χ4n) is 2.77. The molecule has 1 saturated carbocycles. The average Bonchev–Trinajstić information content (AvgIpc) is 2.14. The third-order valence-electron chi connectivity index (χ3n) is 4.24. The molecule has 1 N–H and O–H groups in total. The van der Waals surface area contributed by atoms with Crippen molar-refractivity contribution in [1.29, 1.82) is 0 Å². The molecule has 2 unspecified atom stereocenters. The Labute approximate surface area is 88.1 Å². The monoisotopic (exact) mass is 196 g/mol. The molecule has 2 fully saturated rings. The lowest BCUT2D eigenvalue weighted by Gasteiger charge is -2.43. The third-order valence-corrected chi connectivity index (χ3v) is 4.24. The molecule has 2 rings (SSSR count). The van der Waals surface area contributed by atoms with Crippen molar-refractivity contribution in [3.63, 3.8) is 0 Å². The van der Waals surface area contributed by atoms with E-state index in [0.717, 1.165) is 12.0 Å². The second-order valence-electron chi connectivity index (χ2n) is 5.06. The molecule has 0 aromatic heterocycles. The van der Waals surface area contributed by atoms with Gasteiger partial charge in [-0.25, -0.2) is 0 Å². The Bertz CT molecular complexity index is 166. The summed E-state index contributed by atoms with van der Waals surface area (Å²) in [7, 11) is 2.09. The van der Waals surface area contributed by atoms with Gasteiger partial charge in [0.25, 0.3) is 0 Å². The first-order chi connectivity index (χ1) is 6.81. The highest BCUT2D eigenvalue weighted by molar-refractivity contribution is 4.86. The van der Waals surface area contributed by atoms with Crippen molar-refractivity contribution in [2.24, 2.45) is 5.92 Å². The Kier molecular flexibility index (Phi) is 3.45. The third kappa shape index (κ3) is 2.12. The predicted octanol–water partition coefficient (Wildman–Crippen LogP) is 1.86. The number of hydrogen-bond acceptors (Lipinski definition) is 2. The molecule has 0 bridgehead atoms. The maximum absolute atomic E-state index is 3.40. The molecule has 1 aliphatic carbocycles. The van der Waals surface area contributed by atoms with Gasteiger partial charge in [-0.1, -0.05) is 6.42 Å². The van der Waals surface area contributed by atoms with Gasteiger partial charge in [-0.2, -0.15) is 0 Å². The fraction of sp³-hybridized carbons (Fsp3) is 1.00. The second kappa shape index (κ2) is 4.63. The molecule has 0 aromatic rings. The Morgan fingerprint density at radius 2 is 2.00 bits per heavy atom. The van der Waals surface area contributed by atoms with Gasteiger partial charge in [-0.3, -0.25) is 0 Å². The minimum atomic E-state index is 0.692. The van der Waals surface area contributed by atoms with Gasteiger partial charge in [0.2, 0.25) is 0 Å². The topological polar surface area (TPSA) is 15.3 Å². The summed E-state index contributed by atoms with van der Waals surface area (Å²) < 4.78 is 0. The van der Waals surface area contributed by atoms with Gasteiger partial charge in [0.05, 0.1) is 0 Å². The van der Waals surface area contributed by atoms with Crippen LogP contribution < -0.4 is 5.32 Å². The fourth-order valence-corrected chi connectivity index (χ4v) is 2.77. The van der Waals surface area contributed by atoms with Gasteiger partial charge in [0.15, 0.2) is 0 Å². The van der Waals surface area contributed by atoms with E-state index in [1.165, 1.54) is 45.2 Å². The van der Waals surface area contributed by atoms with Crippen LogP contribution in [0.3, 0.4) is 0 Å². The Hall–Kier alpha value is -0.0800. The first-order valence-electron chi connectivity index (χ1n) is 6.22. The van der Waals surface area contributed by atoms with E-state index in [0.29, 0.717) is 6.04 Å². The number of nitrogens with one attached hydrogen (secondary N) is 1. The number of nitrogens with zero attached hydrogens (tertiary/aromatic N) is 1. The molecule has 2 aliphatic rings. The summed E-state index contributed by atoms with van der Waals surface area (Å²) in [5, 5.41) is 3.40. The molecule has 2 atom stereocenters. The molecule has 82 valence electrons. The highest BCUT2D eigenvalue weighted by Gasteiger charge is 2.30. The first-order valence-corrected chi connectivity index (χ1v) is 6.22. The number of likely N-dealkylation sites (tertiary alicyclic amines) is 1. The van der Waals surface area contributed by atoms with Crippen molar-refractivity contribution in [1.82, 2.24) is 10.2 Å². The Morgan fingerprint density at radius 1 is 1.21 bits per heavy atom. The van der Waals surface area contributed by atoms with Crippen molar-refractivity contribution in [3.8, 4) is 0 Å². The molecular formula is C12H24N2. The summed E-state index contributed by atoms with van der Waals surface area (Å²) in [6.45, 7) is 5.03. The largest absolute Gasteiger partial charge is 0.317 e. The van der Waals surface area contributed by atoms with E-state index in [9.17, 15) is 0 Å². The predicted molar refractivity (Wildman–Crippen MR) is 60.5 cm³/mol. The summed E-state index contributed by atoms with van der Waals surface area (Å²) in [6, 6.07) is 1.64. The highest BCUT2D eigenvalue weighted by atomic mass is 15.2. The van der Waals surface area contributed by atoms with Crippen molar-refractivity contribution in [2.45, 2.75) is 51.1 Å². The number of hydrogen-bond donors (Lipinski definition) is 1. The lowest BCUT2D eigenvalue weighted by molar-refractivity contribution is 0.0677. The highest BCUT2D eigenvalue weighted by Crippen LogP contribution is 2.29. The SMILES string of the molecule is CNC(C)C1CCCN(C2CCC2)C1. The summed E-state index contributed by atoms with van der Waals surface area (Å²) >= 11 is 0. The number of rotatable bonds is 3. The van der Waals surface area contributed by atoms with Crippen LogP contribution >= 0.6 is 0 Å². The molecular weight excluding hydrogens is 172 g/mol. The van der Waals surface area contributed by atoms with Gasteiger partial charge in [-0.15, -0.1) is 0 Å². The van der Waals surface area contributed by atoms with Gasteiger partial charge < -0.3 is 10.2 Å². The van der Waals surface area contributed by atoms with E-state index in [1.54, 1.807) is 0 Å². The normalized spacial score (nSPS) is 32.6. The van der Waals surface area contributed by atoms with Crippen LogP contribution in [0.1, 0.15) is 39.0 Å². The summed E-state index contributed by atoms with van der Waals surface area (Å²) in [5.74, 6) is 0.884. The minimum Gasteiger partial charge on any atom is -0.317 e. The van der Waals surface area contributed by atoms with Crippen LogP contribution in [0.2, 0.25) is 0 Å². The lowest BCUT2D eigenvalue weighted by atomic mass is 9.86. The second-order valence-corrected chi connectivity index (χ2v) is 5.06. The van der Waals surface area contributed by atoms with Gasteiger partial charge in [-0.05, 0) is 52.1 Å². The molecule has 0 spiro atoms. The maximum Gasteiger partial charge on any atom is 0.00954 e. The molecule has 2 nitrogen and oxygen atoms in total. The summed E-state index contributed by atoms with van der Waals surface area (Å²) in [4.78, 5) is 2.74.